The van der Waals surface area contributed by atoms with Gasteiger partial charge in [-0.2, -0.15) is 0 Å². The highest BCUT2D eigenvalue weighted by atomic mass is 15.2. The van der Waals surface area contributed by atoms with Gasteiger partial charge in [-0.05, 0) is 89.2 Å². The molecule has 1 aliphatic carbocycles. The van der Waals surface area contributed by atoms with Gasteiger partial charge in [0.05, 0.1) is 1.37 Å². The second kappa shape index (κ2) is 9.20. The molecule has 0 N–H and O–H groups in total. The van der Waals surface area contributed by atoms with Crippen molar-refractivity contribution in [1.82, 2.24) is 0 Å². The number of anilines is 6. The van der Waals surface area contributed by atoms with Crippen LogP contribution >= 0.6 is 0 Å². The lowest BCUT2D eigenvalue weighted by molar-refractivity contribution is 0.444. The van der Waals surface area contributed by atoms with Crippen LogP contribution in [0.5, 0.6) is 0 Å². The van der Waals surface area contributed by atoms with Crippen LogP contribution in [0.25, 0.3) is 0 Å². The molecular formula is C36H31BN2. The molecule has 0 saturated heterocycles. The minimum absolute atomic E-state index is 0.108. The van der Waals surface area contributed by atoms with Crippen molar-refractivity contribution in [2.75, 3.05) is 9.80 Å². The Hall–Kier alpha value is -4.24. The third kappa shape index (κ3) is 3.56. The Balaban J connectivity index is 1.48. The maximum absolute atomic E-state index is 8.61. The molecule has 3 aliphatic rings. The predicted octanol–water partition coefficient (Wildman–Crippen LogP) is 7.82. The van der Waals surface area contributed by atoms with Gasteiger partial charge in [0, 0.05) is 34.1 Å². The maximum atomic E-state index is 8.61. The average Bonchev–Trinajstić information content (AvgIpc) is 3.02. The molecule has 0 unspecified atom stereocenters. The van der Waals surface area contributed by atoms with Crippen LogP contribution < -0.4 is 26.2 Å². The van der Waals surface area contributed by atoms with E-state index in [0.717, 1.165) is 11.4 Å². The van der Waals surface area contributed by atoms with Gasteiger partial charge >= 0.3 is 0 Å². The van der Waals surface area contributed by atoms with Crippen molar-refractivity contribution in [3.8, 4) is 0 Å². The largest absolute Gasteiger partial charge is 0.311 e. The van der Waals surface area contributed by atoms with E-state index in [2.05, 4.69) is 119 Å². The smallest absolute Gasteiger partial charge is 0.252 e. The highest BCUT2D eigenvalue weighted by molar-refractivity contribution is 7.00. The van der Waals surface area contributed by atoms with Crippen LogP contribution in [0.3, 0.4) is 0 Å². The third-order valence-corrected chi connectivity index (χ3v) is 8.95. The zero-order valence-electron chi connectivity index (χ0n) is 23.1. The zero-order valence-corrected chi connectivity index (χ0v) is 22.1. The first-order valence-electron chi connectivity index (χ1n) is 14.9. The Kier molecular flexibility index (Phi) is 5.11. The molecule has 188 valence electrons. The Morgan fingerprint density at radius 1 is 0.564 bits per heavy atom. The number of hydrogen-bond acceptors (Lipinski definition) is 2. The fourth-order valence-electron chi connectivity index (χ4n) is 7.24. The number of benzene rings is 5. The summed E-state index contributed by atoms with van der Waals surface area (Å²) < 4.78 is 8.61. The molecule has 0 radical (unpaired) electrons. The first kappa shape index (κ1) is 21.7. The number of rotatable bonds is 3. The number of nitrogens with zero attached hydrogens (tertiary/aromatic N) is 2. The van der Waals surface area contributed by atoms with E-state index < -0.39 is 0 Å². The summed E-state index contributed by atoms with van der Waals surface area (Å²) in [4.78, 5) is 4.91. The minimum atomic E-state index is 0.108. The minimum Gasteiger partial charge on any atom is -0.311 e. The number of hydrogen-bond donors (Lipinski definition) is 0. The van der Waals surface area contributed by atoms with E-state index in [-0.39, 0.29) is 6.71 Å². The first-order valence-corrected chi connectivity index (χ1v) is 14.4. The highest BCUT2D eigenvalue weighted by Crippen LogP contribution is 2.46. The van der Waals surface area contributed by atoms with Crippen LogP contribution in [0.2, 0.25) is 0 Å². The van der Waals surface area contributed by atoms with Crippen LogP contribution in [0.4, 0.5) is 34.1 Å². The van der Waals surface area contributed by atoms with Gasteiger partial charge in [0.25, 0.3) is 6.71 Å². The molecule has 2 nitrogen and oxygen atoms in total. The predicted molar refractivity (Wildman–Crippen MR) is 166 cm³/mol. The molecule has 0 bridgehead atoms. The number of fused-ring (bicyclic) bond motifs is 4. The summed E-state index contributed by atoms with van der Waals surface area (Å²) in [5.41, 5.74) is 12.6. The molecule has 0 aromatic heterocycles. The van der Waals surface area contributed by atoms with E-state index in [1.165, 1.54) is 76.8 Å². The SMILES string of the molecule is [2H]c1ccc2c(c1)N(c1ccccc1)c1cc(C3CCCCC3)cc3c1B2c1ccccc1N3c1ccccc1. The summed E-state index contributed by atoms with van der Waals surface area (Å²) >= 11 is 0. The van der Waals surface area contributed by atoms with Crippen molar-refractivity contribution in [2.45, 2.75) is 38.0 Å². The van der Waals surface area contributed by atoms with Gasteiger partial charge in [-0.15, -0.1) is 0 Å². The molecule has 8 rings (SSSR count). The first-order chi connectivity index (χ1) is 19.8. The maximum Gasteiger partial charge on any atom is 0.252 e. The summed E-state index contributed by atoms with van der Waals surface area (Å²) in [7, 11) is 0. The van der Waals surface area contributed by atoms with Gasteiger partial charge in [-0.1, -0.05) is 92.0 Å². The molecule has 39 heavy (non-hydrogen) atoms. The summed E-state index contributed by atoms with van der Waals surface area (Å²) in [5, 5.41) is 0. The van der Waals surface area contributed by atoms with E-state index in [1.54, 1.807) is 0 Å². The lowest BCUT2D eigenvalue weighted by Gasteiger charge is -2.44. The van der Waals surface area contributed by atoms with Gasteiger partial charge in [-0.3, -0.25) is 0 Å². The van der Waals surface area contributed by atoms with Crippen molar-refractivity contribution in [1.29, 1.82) is 0 Å². The molecule has 1 fully saturated rings. The standard InChI is InChI=1S/C36H31BN2/c1-4-14-26(15-5-1)27-24-34-36-35(25-27)39(29-18-8-3-9-19-29)33-23-13-11-21-31(33)37(36)30-20-10-12-22-32(30)38(34)28-16-6-2-7-17-28/h2-3,6-13,16-26H,1,4-5,14-15H2/i12D. The second-order valence-electron chi connectivity index (χ2n) is 11.1. The molecule has 1 saturated carbocycles. The fraction of sp³-hybridized carbons (Fsp3) is 0.167. The molecule has 2 heterocycles. The number of para-hydroxylation sites is 4. The van der Waals surface area contributed by atoms with Gasteiger partial charge in [-0.25, -0.2) is 0 Å². The van der Waals surface area contributed by atoms with E-state index >= 15 is 0 Å². The Morgan fingerprint density at radius 3 is 1.74 bits per heavy atom. The molecule has 0 amide bonds. The zero-order chi connectivity index (χ0) is 26.6. The molecule has 2 aliphatic heterocycles. The monoisotopic (exact) mass is 503 g/mol. The molecule has 5 aromatic rings. The summed E-state index contributed by atoms with van der Waals surface area (Å²) in [6.07, 6.45) is 6.46. The summed E-state index contributed by atoms with van der Waals surface area (Å²) in [5.74, 6) is 0.574. The highest BCUT2D eigenvalue weighted by Gasteiger charge is 2.43. The van der Waals surface area contributed by atoms with Crippen molar-refractivity contribution >= 4 is 57.2 Å². The van der Waals surface area contributed by atoms with Crippen LogP contribution in [-0.2, 0) is 0 Å². The van der Waals surface area contributed by atoms with Crippen molar-refractivity contribution in [2.24, 2.45) is 0 Å². The lowest BCUT2D eigenvalue weighted by Crippen LogP contribution is -2.61. The normalized spacial score (nSPS) is 16.3. The quantitative estimate of drug-likeness (QED) is 0.227. The Bertz CT molecular complexity index is 1710. The van der Waals surface area contributed by atoms with E-state index in [1.807, 2.05) is 6.07 Å². The molecule has 0 spiro atoms. The average molecular weight is 503 g/mol. The fourth-order valence-corrected chi connectivity index (χ4v) is 7.24. The lowest BCUT2D eigenvalue weighted by atomic mass is 9.33. The Labute approximate surface area is 233 Å². The van der Waals surface area contributed by atoms with Crippen molar-refractivity contribution < 1.29 is 1.37 Å². The van der Waals surface area contributed by atoms with Gasteiger partial charge in [0.1, 0.15) is 0 Å². The summed E-state index contributed by atoms with van der Waals surface area (Å²) in [6, 6.07) is 42.2. The van der Waals surface area contributed by atoms with E-state index in [9.17, 15) is 0 Å². The molecule has 3 heteroatoms. The van der Waals surface area contributed by atoms with Gasteiger partial charge in [0.15, 0.2) is 0 Å². The molecular weight excluding hydrogens is 471 g/mol. The second-order valence-corrected chi connectivity index (χ2v) is 11.1. The van der Waals surface area contributed by atoms with Crippen molar-refractivity contribution in [3.05, 3.63) is 127 Å². The van der Waals surface area contributed by atoms with Crippen LogP contribution in [0, 0.1) is 0 Å². The van der Waals surface area contributed by atoms with Crippen LogP contribution in [-0.4, -0.2) is 6.71 Å². The van der Waals surface area contributed by atoms with E-state index in [4.69, 9.17) is 1.37 Å². The topological polar surface area (TPSA) is 6.48 Å². The summed E-state index contributed by atoms with van der Waals surface area (Å²) in [6.45, 7) is 0.108. The molecule has 0 atom stereocenters. The third-order valence-electron chi connectivity index (χ3n) is 8.95. The van der Waals surface area contributed by atoms with Gasteiger partial charge < -0.3 is 9.80 Å². The molecule has 5 aromatic carbocycles. The van der Waals surface area contributed by atoms with Crippen LogP contribution in [0.15, 0.2) is 121 Å². The van der Waals surface area contributed by atoms with Gasteiger partial charge in [0.2, 0.25) is 0 Å². The van der Waals surface area contributed by atoms with Crippen LogP contribution in [0.1, 0.15) is 45.0 Å². The van der Waals surface area contributed by atoms with E-state index in [0.29, 0.717) is 12.0 Å². The van der Waals surface area contributed by atoms with Crippen molar-refractivity contribution in [3.63, 3.8) is 0 Å². The Morgan fingerprint density at radius 2 is 1.10 bits per heavy atom.